The average Bonchev–Trinajstić information content (AvgIpc) is 2.85. The van der Waals surface area contributed by atoms with Crippen LogP contribution in [0.2, 0.25) is 0 Å². The van der Waals surface area contributed by atoms with E-state index in [9.17, 15) is 19.2 Å². The van der Waals surface area contributed by atoms with Crippen molar-refractivity contribution in [2.45, 2.75) is 44.3 Å². The van der Waals surface area contributed by atoms with Crippen molar-refractivity contribution in [3.8, 4) is 0 Å². The van der Waals surface area contributed by atoms with Crippen LogP contribution in [0, 0.1) is 5.41 Å². The Morgan fingerprint density at radius 1 is 1.12 bits per heavy atom. The number of hydrogen-bond donors (Lipinski definition) is 2. The van der Waals surface area contributed by atoms with Crippen LogP contribution in [-0.2, 0) is 16.1 Å². The van der Waals surface area contributed by atoms with E-state index in [1.54, 1.807) is 16.8 Å². The fraction of sp³-hybridized carbons (Fsp3) is 0.556. The fourth-order valence-electron chi connectivity index (χ4n) is 4.77. The normalized spacial score (nSPS) is 27.2. The predicted octanol–water partition coefficient (Wildman–Crippen LogP) is -0.466. The van der Waals surface area contributed by atoms with Crippen LogP contribution in [0.15, 0.2) is 17.1 Å². The average molecular weight is 356 g/mol. The molecule has 0 aromatic carbocycles. The second-order valence-corrected chi connectivity index (χ2v) is 7.99. The van der Waals surface area contributed by atoms with Crippen LogP contribution in [0.4, 0.5) is 0 Å². The maximum Gasteiger partial charge on any atom is 0.256 e. The summed E-state index contributed by atoms with van der Waals surface area (Å²) in [4.78, 5) is 50.5. The molecule has 3 aliphatic heterocycles. The molecule has 1 atom stereocenters. The number of aromatic nitrogens is 1. The largest absolute Gasteiger partial charge is 0.322 e. The number of rotatable bonds is 2. The molecule has 0 radical (unpaired) electrons. The van der Waals surface area contributed by atoms with Crippen molar-refractivity contribution in [2.24, 2.45) is 5.41 Å². The molecule has 4 aliphatic rings. The summed E-state index contributed by atoms with van der Waals surface area (Å²) in [5.74, 6) is -1.07. The minimum Gasteiger partial charge on any atom is -0.322 e. The van der Waals surface area contributed by atoms with Gasteiger partial charge >= 0.3 is 0 Å². The molecule has 1 aromatic rings. The predicted molar refractivity (Wildman–Crippen MR) is 90.3 cm³/mol. The molecule has 1 aliphatic carbocycles. The van der Waals surface area contributed by atoms with Gasteiger partial charge in [0, 0.05) is 37.3 Å². The first-order valence-electron chi connectivity index (χ1n) is 9.07. The van der Waals surface area contributed by atoms with Crippen molar-refractivity contribution >= 4 is 17.7 Å². The third-order valence-corrected chi connectivity index (χ3v) is 6.36. The maximum absolute atomic E-state index is 12.9. The third kappa shape index (κ3) is 2.11. The van der Waals surface area contributed by atoms with Gasteiger partial charge in [0.05, 0.1) is 12.1 Å². The van der Waals surface area contributed by atoms with Gasteiger partial charge in [0.25, 0.3) is 11.5 Å². The zero-order chi connectivity index (χ0) is 18.1. The van der Waals surface area contributed by atoms with Gasteiger partial charge in [-0.05, 0) is 30.7 Å². The number of piperidine rings is 1. The maximum atomic E-state index is 12.9. The molecule has 0 bridgehead atoms. The van der Waals surface area contributed by atoms with Crippen molar-refractivity contribution in [1.82, 2.24) is 20.1 Å². The standard InChI is InChI=1S/C18H20N4O4/c23-14-2-1-13(15(24)20-14)22-7-12-11(16(22)25)3-4-21(17(12)26)10-5-18(6-10)8-19-9-18/h3-4,10,13,19H,1-2,5-9H2,(H,20,23,24)/t13-/m0/s1. The molecule has 1 saturated carbocycles. The summed E-state index contributed by atoms with van der Waals surface area (Å²) in [5, 5.41) is 5.56. The quantitative estimate of drug-likeness (QED) is 0.698. The van der Waals surface area contributed by atoms with Crippen LogP contribution in [0.3, 0.4) is 0 Å². The van der Waals surface area contributed by atoms with Gasteiger partial charge in [-0.3, -0.25) is 24.5 Å². The van der Waals surface area contributed by atoms with E-state index in [0.717, 1.165) is 25.9 Å². The van der Waals surface area contributed by atoms with E-state index in [1.807, 2.05) is 0 Å². The van der Waals surface area contributed by atoms with Gasteiger partial charge in [-0.25, -0.2) is 0 Å². The minimum absolute atomic E-state index is 0.127. The molecular weight excluding hydrogens is 336 g/mol. The molecule has 26 heavy (non-hydrogen) atoms. The fourth-order valence-corrected chi connectivity index (χ4v) is 4.77. The van der Waals surface area contributed by atoms with Gasteiger partial charge < -0.3 is 14.8 Å². The molecule has 5 rings (SSSR count). The Labute approximate surface area is 149 Å². The van der Waals surface area contributed by atoms with E-state index in [0.29, 0.717) is 23.0 Å². The van der Waals surface area contributed by atoms with E-state index < -0.39 is 11.9 Å². The van der Waals surface area contributed by atoms with Crippen LogP contribution < -0.4 is 16.2 Å². The van der Waals surface area contributed by atoms with E-state index >= 15 is 0 Å². The van der Waals surface area contributed by atoms with Crippen molar-refractivity contribution in [3.05, 3.63) is 33.7 Å². The summed E-state index contributed by atoms with van der Waals surface area (Å²) in [7, 11) is 0. The smallest absolute Gasteiger partial charge is 0.256 e. The zero-order valence-corrected chi connectivity index (χ0v) is 14.3. The van der Waals surface area contributed by atoms with Gasteiger partial charge in [-0.1, -0.05) is 0 Å². The highest BCUT2D eigenvalue weighted by molar-refractivity contribution is 6.05. The summed E-state index contributed by atoms with van der Waals surface area (Å²) >= 11 is 0. The molecular formula is C18H20N4O4. The number of amides is 3. The van der Waals surface area contributed by atoms with Crippen LogP contribution in [0.5, 0.6) is 0 Å². The van der Waals surface area contributed by atoms with E-state index in [1.165, 1.54) is 4.90 Å². The lowest BCUT2D eigenvalue weighted by molar-refractivity contribution is -0.136. The highest BCUT2D eigenvalue weighted by Gasteiger charge is 2.49. The highest BCUT2D eigenvalue weighted by Crippen LogP contribution is 2.50. The van der Waals surface area contributed by atoms with Gasteiger partial charge in [-0.2, -0.15) is 0 Å². The van der Waals surface area contributed by atoms with Crippen molar-refractivity contribution in [2.75, 3.05) is 13.1 Å². The van der Waals surface area contributed by atoms with Crippen LogP contribution in [0.25, 0.3) is 0 Å². The summed E-state index contributed by atoms with van der Waals surface area (Å²) in [6, 6.07) is 1.21. The molecule has 8 nitrogen and oxygen atoms in total. The summed E-state index contributed by atoms with van der Waals surface area (Å²) in [6.45, 7) is 2.18. The zero-order valence-electron chi connectivity index (χ0n) is 14.3. The Balaban J connectivity index is 1.40. The molecule has 1 spiro atoms. The first-order valence-corrected chi connectivity index (χ1v) is 9.07. The topological polar surface area (TPSA) is 101 Å². The van der Waals surface area contributed by atoms with Crippen LogP contribution in [-0.4, -0.2) is 46.3 Å². The number of pyridine rings is 1. The molecule has 136 valence electrons. The number of fused-ring (bicyclic) bond motifs is 1. The molecule has 1 aromatic heterocycles. The Morgan fingerprint density at radius 3 is 2.54 bits per heavy atom. The van der Waals surface area contributed by atoms with Crippen molar-refractivity contribution < 1.29 is 14.4 Å². The SMILES string of the molecule is O=C1CC[C@H](N2Cc3c(ccn(C4CC5(CNC5)C4)c3=O)C2=O)C(=O)N1. The van der Waals surface area contributed by atoms with E-state index in [4.69, 9.17) is 0 Å². The van der Waals surface area contributed by atoms with E-state index in [2.05, 4.69) is 10.6 Å². The number of nitrogens with one attached hydrogen (secondary N) is 2. The molecule has 0 unspecified atom stereocenters. The molecule has 3 fully saturated rings. The number of carbonyl (C=O) groups is 3. The van der Waals surface area contributed by atoms with Crippen molar-refractivity contribution in [1.29, 1.82) is 0 Å². The molecule has 4 heterocycles. The minimum atomic E-state index is -0.687. The van der Waals surface area contributed by atoms with Crippen molar-refractivity contribution in [3.63, 3.8) is 0 Å². The molecule has 2 saturated heterocycles. The van der Waals surface area contributed by atoms with Crippen LogP contribution >= 0.6 is 0 Å². The number of hydrogen-bond acceptors (Lipinski definition) is 5. The monoisotopic (exact) mass is 356 g/mol. The summed E-state index contributed by atoms with van der Waals surface area (Å²) < 4.78 is 1.75. The third-order valence-electron chi connectivity index (χ3n) is 6.36. The highest BCUT2D eigenvalue weighted by atomic mass is 16.2. The van der Waals surface area contributed by atoms with Gasteiger partial charge in [0.2, 0.25) is 11.8 Å². The van der Waals surface area contributed by atoms with Gasteiger partial charge in [-0.15, -0.1) is 0 Å². The Hall–Kier alpha value is -2.48. The number of carbonyl (C=O) groups excluding carboxylic acids is 3. The van der Waals surface area contributed by atoms with E-state index in [-0.39, 0.29) is 36.4 Å². The summed E-state index contributed by atoms with van der Waals surface area (Å²) in [6.07, 6.45) is 4.21. The summed E-state index contributed by atoms with van der Waals surface area (Å²) in [5.41, 5.74) is 1.08. The second-order valence-electron chi connectivity index (χ2n) is 7.99. The molecule has 3 amide bonds. The Bertz CT molecular complexity index is 893. The Kier molecular flexibility index (Phi) is 3.19. The van der Waals surface area contributed by atoms with Gasteiger partial charge in [0.1, 0.15) is 6.04 Å². The second kappa shape index (κ2) is 5.26. The lowest BCUT2D eigenvalue weighted by Crippen LogP contribution is -2.61. The van der Waals surface area contributed by atoms with Gasteiger partial charge in [0.15, 0.2) is 0 Å². The lowest BCUT2D eigenvalue weighted by Gasteiger charge is -2.54. The molecule has 2 N–H and O–H groups in total. The first kappa shape index (κ1) is 15.7. The van der Waals surface area contributed by atoms with Crippen LogP contribution in [0.1, 0.15) is 47.6 Å². The Morgan fingerprint density at radius 2 is 1.88 bits per heavy atom. The number of nitrogens with zero attached hydrogens (tertiary/aromatic N) is 2. The first-order chi connectivity index (χ1) is 12.5. The number of imide groups is 1. The lowest BCUT2D eigenvalue weighted by atomic mass is 9.61. The molecule has 8 heteroatoms.